The maximum Gasteiger partial charge on any atom is 0.395 e. The van der Waals surface area contributed by atoms with E-state index in [-0.39, 0.29) is 6.54 Å². The fourth-order valence-corrected chi connectivity index (χ4v) is 8.12. The number of hydrogen-bond acceptors (Lipinski definition) is 10. The SMILES string of the molecule is COc1cc(N2CCC(N3CC(N(C)C)C3)C(C(F)(F)F)C2)c(C)cc1Nc1ncc(Br)c(Nc2ccc3nccnc3c2P(C)C)n1. The van der Waals surface area contributed by atoms with Gasteiger partial charge in [0.05, 0.1) is 34.2 Å². The Balaban J connectivity index is 1.23. The van der Waals surface area contributed by atoms with E-state index in [1.165, 1.54) is 0 Å². The van der Waals surface area contributed by atoms with Gasteiger partial charge >= 0.3 is 6.18 Å². The fraction of sp³-hybridized carbons (Fsp3) is 0.455. The molecule has 2 aliphatic heterocycles. The smallest absolute Gasteiger partial charge is 0.395 e. The van der Waals surface area contributed by atoms with Crippen molar-refractivity contribution in [2.75, 3.05) is 76.2 Å². The zero-order valence-electron chi connectivity index (χ0n) is 27.8. The van der Waals surface area contributed by atoms with Gasteiger partial charge in [-0.25, -0.2) is 4.98 Å². The molecule has 48 heavy (non-hydrogen) atoms. The summed E-state index contributed by atoms with van der Waals surface area (Å²) in [6.45, 7) is 8.01. The van der Waals surface area contributed by atoms with Crippen molar-refractivity contribution in [2.24, 2.45) is 5.92 Å². The molecule has 2 aromatic carbocycles. The molecule has 2 atom stereocenters. The molecule has 2 aliphatic rings. The van der Waals surface area contributed by atoms with Crippen LogP contribution in [0.1, 0.15) is 12.0 Å². The van der Waals surface area contributed by atoms with Crippen LogP contribution in [0.25, 0.3) is 11.0 Å². The molecule has 2 N–H and O–H groups in total. The van der Waals surface area contributed by atoms with Gasteiger partial charge in [-0.1, -0.05) is 7.92 Å². The van der Waals surface area contributed by atoms with Crippen molar-refractivity contribution >= 4 is 69.0 Å². The number of likely N-dealkylation sites (N-methyl/N-ethyl adjacent to an activating group) is 1. The van der Waals surface area contributed by atoms with E-state index >= 15 is 0 Å². The predicted molar refractivity (Wildman–Crippen MR) is 191 cm³/mol. The summed E-state index contributed by atoms with van der Waals surface area (Å²) in [5.41, 5.74) is 4.72. The molecule has 10 nitrogen and oxygen atoms in total. The summed E-state index contributed by atoms with van der Waals surface area (Å²) < 4.78 is 49.6. The summed E-state index contributed by atoms with van der Waals surface area (Å²) in [6.07, 6.45) is 1.19. The van der Waals surface area contributed by atoms with Crippen molar-refractivity contribution in [1.29, 1.82) is 0 Å². The van der Waals surface area contributed by atoms with E-state index in [1.807, 2.05) is 55.1 Å². The molecular weight excluding hydrogens is 706 g/mol. The van der Waals surface area contributed by atoms with Crippen LogP contribution in [0, 0.1) is 12.8 Å². The Hall–Kier alpha value is -3.32. The number of nitrogens with one attached hydrogen (secondary N) is 2. The molecule has 4 aromatic rings. The average molecular weight is 747 g/mol. The first kappa shape index (κ1) is 34.5. The summed E-state index contributed by atoms with van der Waals surface area (Å²) in [6, 6.07) is 7.39. The van der Waals surface area contributed by atoms with E-state index in [1.54, 1.807) is 25.7 Å². The molecule has 15 heteroatoms. The quantitative estimate of drug-likeness (QED) is 0.189. The van der Waals surface area contributed by atoms with E-state index in [2.05, 4.69) is 59.7 Å². The van der Waals surface area contributed by atoms with Gasteiger partial charge in [0.25, 0.3) is 0 Å². The largest absolute Gasteiger partial charge is 0.494 e. The van der Waals surface area contributed by atoms with Crippen LogP contribution in [0.2, 0.25) is 0 Å². The number of hydrogen-bond donors (Lipinski definition) is 2. The van der Waals surface area contributed by atoms with Gasteiger partial charge in [0.1, 0.15) is 11.6 Å². The maximum atomic E-state index is 14.4. The van der Waals surface area contributed by atoms with Crippen LogP contribution in [0.4, 0.5) is 42.0 Å². The van der Waals surface area contributed by atoms with Gasteiger partial charge in [-0.3, -0.25) is 14.9 Å². The first-order valence-corrected chi connectivity index (χ1v) is 18.7. The van der Waals surface area contributed by atoms with Crippen LogP contribution in [-0.2, 0) is 0 Å². The van der Waals surface area contributed by atoms with Crippen LogP contribution < -0.4 is 25.6 Å². The lowest BCUT2D eigenvalue weighted by molar-refractivity contribution is -0.199. The Labute approximate surface area is 288 Å². The van der Waals surface area contributed by atoms with E-state index in [0.29, 0.717) is 59.8 Å². The van der Waals surface area contributed by atoms with Crippen LogP contribution in [0.3, 0.4) is 0 Å². The van der Waals surface area contributed by atoms with Crippen LogP contribution in [0.5, 0.6) is 5.75 Å². The van der Waals surface area contributed by atoms with Gasteiger partial charge in [0.2, 0.25) is 5.95 Å². The topological polar surface area (TPSA) is 94.6 Å². The van der Waals surface area contributed by atoms with Crippen molar-refractivity contribution in [1.82, 2.24) is 29.7 Å². The van der Waals surface area contributed by atoms with E-state index in [4.69, 9.17) is 9.72 Å². The minimum Gasteiger partial charge on any atom is -0.494 e. The highest BCUT2D eigenvalue weighted by Gasteiger charge is 2.51. The number of benzene rings is 2. The van der Waals surface area contributed by atoms with Gasteiger partial charge in [0, 0.05) is 79.6 Å². The summed E-state index contributed by atoms with van der Waals surface area (Å²) in [5.74, 6) is -0.0722. The average Bonchev–Trinajstić information content (AvgIpc) is 3.01. The van der Waals surface area contributed by atoms with Gasteiger partial charge in [-0.15, -0.1) is 0 Å². The molecule has 2 unspecified atom stereocenters. The molecule has 0 aliphatic carbocycles. The number of aryl methyl sites for hydroxylation is 1. The highest BCUT2D eigenvalue weighted by atomic mass is 79.9. The molecule has 0 radical (unpaired) electrons. The molecule has 0 saturated carbocycles. The van der Waals surface area contributed by atoms with E-state index in [9.17, 15) is 13.2 Å². The number of fused-ring (bicyclic) bond motifs is 1. The molecule has 2 saturated heterocycles. The summed E-state index contributed by atoms with van der Waals surface area (Å²) in [7, 11) is 4.96. The van der Waals surface area contributed by atoms with Crippen molar-refractivity contribution in [2.45, 2.75) is 31.6 Å². The number of piperidine rings is 1. The third-order valence-corrected chi connectivity index (χ3v) is 11.2. The summed E-state index contributed by atoms with van der Waals surface area (Å²) >= 11 is 3.57. The predicted octanol–water partition coefficient (Wildman–Crippen LogP) is 6.36. The fourth-order valence-electron chi connectivity index (χ4n) is 6.63. The maximum absolute atomic E-state index is 14.4. The first-order chi connectivity index (χ1) is 22.8. The van der Waals surface area contributed by atoms with Crippen molar-refractivity contribution in [3.05, 3.63) is 52.9 Å². The number of aromatic nitrogens is 4. The summed E-state index contributed by atoms with van der Waals surface area (Å²) in [5, 5.41) is 7.80. The Bertz CT molecular complexity index is 1790. The van der Waals surface area contributed by atoms with Crippen molar-refractivity contribution in [3.63, 3.8) is 0 Å². The molecule has 0 amide bonds. The lowest BCUT2D eigenvalue weighted by Crippen LogP contribution is -2.66. The monoisotopic (exact) mass is 745 g/mol. The molecular formula is C33H40BrF3N9OP. The second kappa shape index (κ2) is 13.9. The Morgan fingerprint density at radius 1 is 1.02 bits per heavy atom. The zero-order chi connectivity index (χ0) is 34.3. The van der Waals surface area contributed by atoms with Crippen molar-refractivity contribution < 1.29 is 17.9 Å². The second-order valence-corrected chi connectivity index (χ2v) is 15.9. The number of alkyl halides is 3. The third-order valence-electron chi connectivity index (χ3n) is 9.25. The first-order valence-electron chi connectivity index (χ1n) is 15.7. The molecule has 256 valence electrons. The molecule has 0 spiro atoms. The number of rotatable bonds is 9. The number of likely N-dealkylation sites (tertiary alicyclic amines) is 1. The van der Waals surface area contributed by atoms with Crippen LogP contribution in [0.15, 0.2) is 47.3 Å². The van der Waals surface area contributed by atoms with Gasteiger partial charge in [-0.05, 0) is 80.5 Å². The van der Waals surface area contributed by atoms with Gasteiger partial charge < -0.3 is 25.2 Å². The standard InChI is InChI=1S/C33H40BrF3N9OP/c1-19-13-25(28(47-4)14-27(19)45-12-9-26(21(18-45)33(35,36)37)46-16-20(17-46)44(2)3)42-32-40-15-22(34)31(43-32)41-24-8-7-23-29(30(24)48(5)6)39-11-10-38-23/h7-8,10-11,13-15,20-21,26H,9,12,16-18H2,1-6H3,(H2,40,41,42,43). The number of anilines is 5. The third kappa shape index (κ3) is 7.03. The molecule has 2 aromatic heterocycles. The second-order valence-electron chi connectivity index (χ2n) is 12.8. The minimum absolute atomic E-state index is 0.0982. The number of methoxy groups -OCH3 is 1. The number of ether oxygens (including phenoxy) is 1. The lowest BCUT2D eigenvalue weighted by atomic mass is 9.86. The van der Waals surface area contributed by atoms with Gasteiger partial charge in [0.15, 0.2) is 0 Å². The Morgan fingerprint density at radius 3 is 2.46 bits per heavy atom. The molecule has 4 heterocycles. The van der Waals surface area contributed by atoms with E-state index in [0.717, 1.165) is 33.3 Å². The Morgan fingerprint density at radius 2 is 1.77 bits per heavy atom. The zero-order valence-corrected chi connectivity index (χ0v) is 30.3. The van der Waals surface area contributed by atoms with Gasteiger partial charge in [-0.2, -0.15) is 18.2 Å². The van der Waals surface area contributed by atoms with Crippen molar-refractivity contribution in [3.8, 4) is 5.75 Å². The molecule has 0 bridgehead atoms. The molecule has 2 fully saturated rings. The highest BCUT2D eigenvalue weighted by Crippen LogP contribution is 2.42. The minimum atomic E-state index is -4.30. The van der Waals surface area contributed by atoms with Crippen LogP contribution in [-0.4, -0.2) is 109 Å². The highest BCUT2D eigenvalue weighted by molar-refractivity contribution is 9.10. The molecule has 6 rings (SSSR count). The number of nitrogens with zero attached hydrogens (tertiary/aromatic N) is 7. The van der Waals surface area contributed by atoms with Crippen LogP contribution >= 0.6 is 23.9 Å². The summed E-state index contributed by atoms with van der Waals surface area (Å²) in [4.78, 5) is 24.2. The normalized spacial score (nSPS) is 19.2. The number of halogens is 4. The Kier molecular flexibility index (Phi) is 10.00. The lowest BCUT2D eigenvalue weighted by Gasteiger charge is -2.52. The van der Waals surface area contributed by atoms with E-state index < -0.39 is 26.1 Å².